The monoisotopic (exact) mass is 536 g/mol. The van der Waals surface area contributed by atoms with Gasteiger partial charge in [-0.25, -0.2) is 0 Å². The summed E-state index contributed by atoms with van der Waals surface area (Å²) in [4.78, 5) is 12.3. The molecule has 6 rings (SSSR count). The number of amides is 1. The summed E-state index contributed by atoms with van der Waals surface area (Å²) in [6.07, 6.45) is 0. The summed E-state index contributed by atoms with van der Waals surface area (Å²) in [5.74, 6) is 1.09. The maximum absolute atomic E-state index is 12.3. The molecule has 0 fully saturated rings. The first-order valence-corrected chi connectivity index (χ1v) is 12.9. The van der Waals surface area contributed by atoms with Crippen molar-refractivity contribution in [2.24, 2.45) is 5.73 Å². The summed E-state index contributed by atoms with van der Waals surface area (Å²) in [6, 6.07) is 35.0. The number of hydrogen-bond donors (Lipinski definition) is 1. The standard InChI is InChI=1S/C32H22Cl2N2O2/c33-22-12-16-25(28(34)18-22)21-11-15-26-30(17-21)36(29-8-4-7-27(31(26)29)32(35)37)19-20-9-13-24(14-10-20)38-23-5-2-1-3-6-23/h1-18H,19H2,(H2,35,37). The Bertz CT molecular complexity index is 1810. The molecule has 6 heteroatoms. The zero-order valence-electron chi connectivity index (χ0n) is 20.2. The van der Waals surface area contributed by atoms with Gasteiger partial charge >= 0.3 is 0 Å². The van der Waals surface area contributed by atoms with Crippen LogP contribution in [0.3, 0.4) is 0 Å². The van der Waals surface area contributed by atoms with Crippen LogP contribution in [-0.2, 0) is 6.54 Å². The molecule has 38 heavy (non-hydrogen) atoms. The summed E-state index contributed by atoms with van der Waals surface area (Å²) >= 11 is 12.7. The Balaban J connectivity index is 1.46. The molecule has 1 heterocycles. The zero-order valence-corrected chi connectivity index (χ0v) is 21.7. The Morgan fingerprint density at radius 2 is 1.53 bits per heavy atom. The van der Waals surface area contributed by atoms with Crippen molar-refractivity contribution in [3.05, 3.63) is 130 Å². The van der Waals surface area contributed by atoms with Crippen LogP contribution in [0.1, 0.15) is 15.9 Å². The number of para-hydroxylation sites is 1. The van der Waals surface area contributed by atoms with Gasteiger partial charge in [-0.15, -0.1) is 0 Å². The van der Waals surface area contributed by atoms with E-state index in [4.69, 9.17) is 33.7 Å². The van der Waals surface area contributed by atoms with E-state index in [-0.39, 0.29) is 0 Å². The maximum atomic E-state index is 12.3. The minimum atomic E-state index is -0.457. The second-order valence-electron chi connectivity index (χ2n) is 9.07. The fourth-order valence-corrected chi connectivity index (χ4v) is 5.40. The smallest absolute Gasteiger partial charge is 0.249 e. The van der Waals surface area contributed by atoms with Gasteiger partial charge in [-0.3, -0.25) is 4.79 Å². The quantitative estimate of drug-likeness (QED) is 0.231. The van der Waals surface area contributed by atoms with Gasteiger partial charge < -0.3 is 15.0 Å². The average Bonchev–Trinajstić information content (AvgIpc) is 3.23. The topological polar surface area (TPSA) is 57.2 Å². The van der Waals surface area contributed by atoms with E-state index in [0.29, 0.717) is 22.2 Å². The molecule has 0 bridgehead atoms. The Kier molecular flexibility index (Phi) is 6.28. The molecule has 0 unspecified atom stereocenters. The van der Waals surface area contributed by atoms with Crippen molar-refractivity contribution in [1.82, 2.24) is 4.57 Å². The molecule has 0 radical (unpaired) electrons. The van der Waals surface area contributed by atoms with Gasteiger partial charge in [0.25, 0.3) is 0 Å². The first kappa shape index (κ1) is 24.1. The molecule has 6 aromatic rings. The Hall–Kier alpha value is -4.25. The van der Waals surface area contributed by atoms with Gasteiger partial charge in [-0.05, 0) is 65.7 Å². The van der Waals surface area contributed by atoms with Gasteiger partial charge in [0.1, 0.15) is 11.5 Å². The number of carbonyl (C=O) groups is 1. The molecule has 0 spiro atoms. The lowest BCUT2D eigenvalue weighted by Crippen LogP contribution is -2.11. The Morgan fingerprint density at radius 3 is 2.26 bits per heavy atom. The molecule has 0 saturated carbocycles. The second kappa shape index (κ2) is 9.90. The predicted molar refractivity (Wildman–Crippen MR) is 155 cm³/mol. The fraction of sp³-hybridized carbons (Fsp3) is 0.0312. The van der Waals surface area contributed by atoms with E-state index in [1.165, 1.54) is 0 Å². The lowest BCUT2D eigenvalue weighted by atomic mass is 10.0. The van der Waals surface area contributed by atoms with E-state index in [0.717, 1.165) is 50.0 Å². The molecular weight excluding hydrogens is 515 g/mol. The van der Waals surface area contributed by atoms with Crippen LogP contribution in [0.25, 0.3) is 32.9 Å². The third-order valence-corrected chi connectivity index (χ3v) is 7.19. The van der Waals surface area contributed by atoms with Gasteiger partial charge in [0, 0.05) is 38.5 Å². The number of benzene rings is 5. The van der Waals surface area contributed by atoms with E-state index in [2.05, 4.69) is 10.6 Å². The highest BCUT2D eigenvalue weighted by Gasteiger charge is 2.18. The number of fused-ring (bicyclic) bond motifs is 3. The van der Waals surface area contributed by atoms with Crippen molar-refractivity contribution in [3.8, 4) is 22.6 Å². The number of aromatic nitrogens is 1. The number of hydrogen-bond acceptors (Lipinski definition) is 2. The zero-order chi connectivity index (χ0) is 26.2. The van der Waals surface area contributed by atoms with E-state index in [9.17, 15) is 4.79 Å². The third-order valence-electron chi connectivity index (χ3n) is 6.64. The van der Waals surface area contributed by atoms with Crippen LogP contribution in [0.4, 0.5) is 0 Å². The SMILES string of the molecule is NC(=O)c1cccc2c1c1ccc(-c3ccc(Cl)cc3Cl)cc1n2Cc1ccc(Oc2ccccc2)cc1. The lowest BCUT2D eigenvalue weighted by molar-refractivity contribution is 0.100. The highest BCUT2D eigenvalue weighted by Crippen LogP contribution is 2.37. The van der Waals surface area contributed by atoms with Crippen LogP contribution in [0.15, 0.2) is 109 Å². The molecule has 5 aromatic carbocycles. The van der Waals surface area contributed by atoms with Gasteiger partial charge in [-0.1, -0.05) is 77.8 Å². The minimum Gasteiger partial charge on any atom is -0.457 e. The molecule has 0 aliphatic carbocycles. The summed E-state index contributed by atoms with van der Waals surface area (Å²) in [5.41, 5.74) is 11.1. The number of nitrogens with two attached hydrogens (primary N) is 1. The first-order valence-electron chi connectivity index (χ1n) is 12.1. The fourth-order valence-electron chi connectivity index (χ4n) is 4.88. The van der Waals surface area contributed by atoms with Crippen LogP contribution < -0.4 is 10.5 Å². The van der Waals surface area contributed by atoms with Crippen molar-refractivity contribution in [1.29, 1.82) is 0 Å². The highest BCUT2D eigenvalue weighted by molar-refractivity contribution is 6.36. The largest absolute Gasteiger partial charge is 0.457 e. The number of ether oxygens (including phenoxy) is 1. The lowest BCUT2D eigenvalue weighted by Gasteiger charge is -2.11. The van der Waals surface area contributed by atoms with Crippen molar-refractivity contribution < 1.29 is 9.53 Å². The normalized spacial score (nSPS) is 11.2. The number of rotatable bonds is 6. The van der Waals surface area contributed by atoms with Crippen LogP contribution in [0.2, 0.25) is 10.0 Å². The van der Waals surface area contributed by atoms with E-state index >= 15 is 0 Å². The van der Waals surface area contributed by atoms with Gasteiger partial charge in [-0.2, -0.15) is 0 Å². The highest BCUT2D eigenvalue weighted by atomic mass is 35.5. The van der Waals surface area contributed by atoms with Crippen molar-refractivity contribution in [2.45, 2.75) is 6.54 Å². The van der Waals surface area contributed by atoms with Crippen LogP contribution >= 0.6 is 23.2 Å². The van der Waals surface area contributed by atoms with Gasteiger partial charge in [0.05, 0.1) is 11.0 Å². The maximum Gasteiger partial charge on any atom is 0.249 e. The predicted octanol–water partition coefficient (Wildman–Crippen LogP) is 8.71. The second-order valence-corrected chi connectivity index (χ2v) is 9.91. The summed E-state index contributed by atoms with van der Waals surface area (Å²) in [6.45, 7) is 0.589. The molecule has 0 aliphatic rings. The third kappa shape index (κ3) is 4.49. The van der Waals surface area contributed by atoms with E-state index < -0.39 is 5.91 Å². The summed E-state index contributed by atoms with van der Waals surface area (Å²) in [7, 11) is 0. The van der Waals surface area contributed by atoms with Gasteiger partial charge in [0.2, 0.25) is 5.91 Å². The molecular formula is C32H22Cl2N2O2. The molecule has 1 aromatic heterocycles. The molecule has 1 amide bonds. The van der Waals surface area contributed by atoms with Crippen LogP contribution in [-0.4, -0.2) is 10.5 Å². The summed E-state index contributed by atoms with van der Waals surface area (Å²) in [5, 5.41) is 2.95. The van der Waals surface area contributed by atoms with Gasteiger partial charge in [0.15, 0.2) is 0 Å². The molecule has 2 N–H and O–H groups in total. The first-order chi connectivity index (χ1) is 18.5. The number of halogens is 2. The van der Waals surface area contributed by atoms with Crippen molar-refractivity contribution in [3.63, 3.8) is 0 Å². The van der Waals surface area contributed by atoms with Crippen LogP contribution in [0.5, 0.6) is 11.5 Å². The number of primary amides is 1. The van der Waals surface area contributed by atoms with Crippen molar-refractivity contribution >= 4 is 50.9 Å². The minimum absolute atomic E-state index is 0.457. The van der Waals surface area contributed by atoms with E-state index in [1.54, 1.807) is 12.1 Å². The molecule has 0 aliphatic heterocycles. The van der Waals surface area contributed by atoms with Crippen molar-refractivity contribution in [2.75, 3.05) is 0 Å². The summed E-state index contributed by atoms with van der Waals surface area (Å²) < 4.78 is 8.16. The Morgan fingerprint density at radius 1 is 0.763 bits per heavy atom. The molecule has 0 saturated heterocycles. The average molecular weight is 537 g/mol. The number of nitrogens with zero attached hydrogens (tertiary/aromatic N) is 1. The number of carbonyl (C=O) groups excluding carboxylic acids is 1. The molecule has 4 nitrogen and oxygen atoms in total. The molecule has 186 valence electrons. The Labute approximate surface area is 229 Å². The molecule has 0 atom stereocenters. The van der Waals surface area contributed by atoms with Crippen LogP contribution in [0, 0.1) is 0 Å². The van der Waals surface area contributed by atoms with E-state index in [1.807, 2.05) is 91.0 Å².